The summed E-state index contributed by atoms with van der Waals surface area (Å²) in [4.78, 5) is 24.9. The van der Waals surface area contributed by atoms with Gasteiger partial charge >= 0.3 is 6.18 Å². The van der Waals surface area contributed by atoms with Crippen molar-refractivity contribution >= 4 is 17.5 Å². The Morgan fingerprint density at radius 2 is 2.05 bits per heavy atom. The van der Waals surface area contributed by atoms with E-state index in [0.29, 0.717) is 12.6 Å². The zero-order valence-corrected chi connectivity index (χ0v) is 11.0. The standard InChI is InChI=1S/C13H12F4N2O2/c1-19-6-5-7(12(19)21)11(20)18-9-4-2-3-8(14)10(9)13(15,16)17/h2-4,7H,5-6H2,1H3,(H,18,20)/t7-/m0/s1. The first kappa shape index (κ1) is 15.3. The smallest absolute Gasteiger partial charge is 0.345 e. The van der Waals surface area contributed by atoms with Crippen molar-refractivity contribution in [3.63, 3.8) is 0 Å². The number of nitrogens with one attached hydrogen (secondary N) is 1. The van der Waals surface area contributed by atoms with Gasteiger partial charge in [0.15, 0.2) is 0 Å². The van der Waals surface area contributed by atoms with Crippen LogP contribution in [0.3, 0.4) is 0 Å². The average Bonchev–Trinajstić information content (AvgIpc) is 2.68. The lowest BCUT2D eigenvalue weighted by Gasteiger charge is -2.16. The molecule has 1 aromatic rings. The van der Waals surface area contributed by atoms with Crippen molar-refractivity contribution in [3.8, 4) is 0 Å². The second kappa shape index (κ2) is 5.34. The van der Waals surface area contributed by atoms with Crippen LogP contribution < -0.4 is 5.32 Å². The Balaban J connectivity index is 2.27. The Bertz CT molecular complexity index is 586. The lowest BCUT2D eigenvalue weighted by molar-refractivity contribution is -0.139. The van der Waals surface area contributed by atoms with Crippen molar-refractivity contribution in [2.24, 2.45) is 5.92 Å². The molecule has 21 heavy (non-hydrogen) atoms. The summed E-state index contributed by atoms with van der Waals surface area (Å²) in [6.45, 7) is 0.353. The molecule has 1 fully saturated rings. The van der Waals surface area contributed by atoms with Crippen molar-refractivity contribution in [1.82, 2.24) is 4.90 Å². The molecule has 0 unspecified atom stereocenters. The number of halogens is 4. The van der Waals surface area contributed by atoms with Crippen molar-refractivity contribution in [3.05, 3.63) is 29.6 Å². The van der Waals surface area contributed by atoms with Gasteiger partial charge in [-0.1, -0.05) is 6.07 Å². The summed E-state index contributed by atoms with van der Waals surface area (Å²) in [5, 5.41) is 2.00. The molecule has 0 spiro atoms. The molecule has 1 aromatic carbocycles. The quantitative estimate of drug-likeness (QED) is 0.673. The summed E-state index contributed by atoms with van der Waals surface area (Å²) >= 11 is 0. The molecule has 114 valence electrons. The Morgan fingerprint density at radius 1 is 1.38 bits per heavy atom. The number of benzene rings is 1. The predicted octanol–water partition coefficient (Wildman–Crippen LogP) is 2.26. The van der Waals surface area contributed by atoms with Gasteiger partial charge in [-0.25, -0.2) is 4.39 Å². The molecule has 1 heterocycles. The van der Waals surface area contributed by atoms with Crippen LogP contribution in [-0.4, -0.2) is 30.3 Å². The van der Waals surface area contributed by atoms with Gasteiger partial charge in [-0.3, -0.25) is 9.59 Å². The van der Waals surface area contributed by atoms with Crippen LogP contribution in [-0.2, 0) is 15.8 Å². The molecule has 1 saturated heterocycles. The summed E-state index contributed by atoms with van der Waals surface area (Å²) in [7, 11) is 1.50. The Morgan fingerprint density at radius 3 is 2.57 bits per heavy atom. The second-order valence-corrected chi connectivity index (χ2v) is 4.75. The SMILES string of the molecule is CN1CC[C@@H](C(=O)Nc2cccc(F)c2C(F)(F)F)C1=O. The minimum Gasteiger partial charge on any atom is -0.345 e. The van der Waals surface area contributed by atoms with E-state index in [2.05, 4.69) is 0 Å². The van der Waals surface area contributed by atoms with E-state index in [0.717, 1.165) is 12.1 Å². The zero-order chi connectivity index (χ0) is 15.8. The fraction of sp³-hybridized carbons (Fsp3) is 0.385. The third-order valence-electron chi connectivity index (χ3n) is 3.30. The van der Waals surface area contributed by atoms with Crippen LogP contribution in [0, 0.1) is 11.7 Å². The van der Waals surface area contributed by atoms with Crippen LogP contribution in [0.5, 0.6) is 0 Å². The molecule has 2 amide bonds. The van der Waals surface area contributed by atoms with Crippen LogP contribution in [0.1, 0.15) is 12.0 Å². The maximum atomic E-state index is 13.4. The Hall–Kier alpha value is -2.12. The number of carbonyl (C=O) groups excluding carboxylic acids is 2. The molecule has 1 atom stereocenters. The molecular weight excluding hydrogens is 292 g/mol. The van der Waals surface area contributed by atoms with Gasteiger partial charge in [0.25, 0.3) is 0 Å². The summed E-state index contributed by atoms with van der Waals surface area (Å²) in [6, 6.07) is 2.67. The van der Waals surface area contributed by atoms with Crippen molar-refractivity contribution in [2.45, 2.75) is 12.6 Å². The highest BCUT2D eigenvalue weighted by Gasteiger charge is 2.39. The van der Waals surface area contributed by atoms with Gasteiger partial charge in [-0.2, -0.15) is 13.2 Å². The average molecular weight is 304 g/mol. The summed E-state index contributed by atoms with van der Waals surface area (Å²) < 4.78 is 51.8. The van der Waals surface area contributed by atoms with Gasteiger partial charge < -0.3 is 10.2 Å². The number of hydrogen-bond acceptors (Lipinski definition) is 2. The summed E-state index contributed by atoms with van der Waals surface area (Å²) in [5.41, 5.74) is -2.23. The second-order valence-electron chi connectivity index (χ2n) is 4.75. The van der Waals surface area contributed by atoms with Crippen LogP contribution >= 0.6 is 0 Å². The number of carbonyl (C=O) groups is 2. The van der Waals surface area contributed by atoms with E-state index in [1.807, 2.05) is 5.32 Å². The molecule has 0 radical (unpaired) electrons. The molecule has 1 aliphatic rings. The largest absolute Gasteiger partial charge is 0.421 e. The van der Waals surface area contributed by atoms with Gasteiger partial charge in [0.05, 0.1) is 5.69 Å². The van der Waals surface area contributed by atoms with Crippen LogP contribution in [0.4, 0.5) is 23.2 Å². The number of likely N-dealkylation sites (tertiary alicyclic amines) is 1. The first-order valence-electron chi connectivity index (χ1n) is 6.13. The maximum Gasteiger partial charge on any atom is 0.421 e. The van der Waals surface area contributed by atoms with Crippen molar-refractivity contribution in [1.29, 1.82) is 0 Å². The van der Waals surface area contributed by atoms with Gasteiger partial charge in [-0.05, 0) is 18.6 Å². The van der Waals surface area contributed by atoms with E-state index in [1.54, 1.807) is 0 Å². The lowest BCUT2D eigenvalue weighted by Crippen LogP contribution is -2.31. The van der Waals surface area contributed by atoms with Gasteiger partial charge in [0.2, 0.25) is 11.8 Å². The molecule has 2 rings (SSSR count). The molecule has 0 saturated carbocycles. The zero-order valence-electron chi connectivity index (χ0n) is 11.0. The summed E-state index contributed by atoms with van der Waals surface area (Å²) in [5.74, 6) is -3.84. The number of hydrogen-bond donors (Lipinski definition) is 1. The fourth-order valence-electron chi connectivity index (χ4n) is 2.20. The predicted molar refractivity (Wildman–Crippen MR) is 65.8 cm³/mol. The fourth-order valence-corrected chi connectivity index (χ4v) is 2.20. The van der Waals surface area contributed by atoms with Crippen LogP contribution in [0.2, 0.25) is 0 Å². The molecule has 4 nitrogen and oxygen atoms in total. The van der Waals surface area contributed by atoms with E-state index in [-0.39, 0.29) is 6.42 Å². The Labute approximate surface area is 117 Å². The van der Waals surface area contributed by atoms with Gasteiger partial charge in [0.1, 0.15) is 17.3 Å². The van der Waals surface area contributed by atoms with Gasteiger partial charge in [0, 0.05) is 13.6 Å². The monoisotopic (exact) mass is 304 g/mol. The number of nitrogens with zero attached hydrogens (tertiary/aromatic N) is 1. The highest BCUT2D eigenvalue weighted by Crippen LogP contribution is 2.37. The molecule has 0 aliphatic carbocycles. The van der Waals surface area contributed by atoms with E-state index < -0.39 is 41.0 Å². The first-order valence-corrected chi connectivity index (χ1v) is 6.13. The number of anilines is 1. The van der Waals surface area contributed by atoms with Crippen LogP contribution in [0.15, 0.2) is 18.2 Å². The van der Waals surface area contributed by atoms with E-state index >= 15 is 0 Å². The summed E-state index contributed by atoms with van der Waals surface area (Å²) in [6.07, 6.45) is -4.72. The number of amides is 2. The van der Waals surface area contributed by atoms with E-state index in [4.69, 9.17) is 0 Å². The molecular formula is C13H12F4N2O2. The van der Waals surface area contributed by atoms with E-state index in [9.17, 15) is 27.2 Å². The number of alkyl halides is 3. The maximum absolute atomic E-state index is 13.4. The third-order valence-corrected chi connectivity index (χ3v) is 3.30. The molecule has 0 bridgehead atoms. The van der Waals surface area contributed by atoms with Crippen LogP contribution in [0.25, 0.3) is 0 Å². The molecule has 1 N–H and O–H groups in total. The molecule has 8 heteroatoms. The van der Waals surface area contributed by atoms with Crippen molar-refractivity contribution < 1.29 is 27.2 Å². The first-order chi connectivity index (χ1) is 9.71. The van der Waals surface area contributed by atoms with Gasteiger partial charge in [-0.15, -0.1) is 0 Å². The highest BCUT2D eigenvalue weighted by molar-refractivity contribution is 6.07. The topological polar surface area (TPSA) is 49.4 Å². The number of rotatable bonds is 2. The normalized spacial score (nSPS) is 19.0. The lowest BCUT2D eigenvalue weighted by atomic mass is 10.1. The van der Waals surface area contributed by atoms with Crippen molar-refractivity contribution in [2.75, 3.05) is 18.9 Å². The van der Waals surface area contributed by atoms with E-state index in [1.165, 1.54) is 11.9 Å². The highest BCUT2D eigenvalue weighted by atomic mass is 19.4. The molecule has 0 aromatic heterocycles. The minimum atomic E-state index is -4.94. The Kier molecular flexibility index (Phi) is 3.89. The third kappa shape index (κ3) is 2.98. The molecule has 1 aliphatic heterocycles. The minimum absolute atomic E-state index is 0.220.